The van der Waals surface area contributed by atoms with Crippen molar-refractivity contribution >= 4 is 17.5 Å². The van der Waals surface area contributed by atoms with Gasteiger partial charge in [0.2, 0.25) is 17.1 Å². The van der Waals surface area contributed by atoms with Gasteiger partial charge in [-0.2, -0.15) is 15.0 Å². The zero-order valence-corrected chi connectivity index (χ0v) is 10.7. The molecule has 18 heavy (non-hydrogen) atoms. The van der Waals surface area contributed by atoms with E-state index >= 15 is 0 Å². The van der Waals surface area contributed by atoms with Gasteiger partial charge in [-0.15, -0.1) is 0 Å². The van der Waals surface area contributed by atoms with Gasteiger partial charge in [0, 0.05) is 0 Å². The second-order valence-corrected chi connectivity index (χ2v) is 3.70. The Balaban J connectivity index is 2.04. The summed E-state index contributed by atoms with van der Waals surface area (Å²) in [6.45, 7) is 4.47. The number of hydrogen-bond acceptors (Lipinski definition) is 7. The first-order valence-electron chi connectivity index (χ1n) is 5.37. The van der Waals surface area contributed by atoms with E-state index < -0.39 is 0 Å². The highest BCUT2D eigenvalue weighted by Crippen LogP contribution is 2.12. The smallest absolute Gasteiger partial charge is 0.322 e. The summed E-state index contributed by atoms with van der Waals surface area (Å²) in [7, 11) is 0. The number of aryl methyl sites for hydroxylation is 1. The summed E-state index contributed by atoms with van der Waals surface area (Å²) in [5, 5.41) is 3.00. The number of nitrogens with zero attached hydrogens (tertiary/aromatic N) is 4. The van der Waals surface area contributed by atoms with Crippen LogP contribution in [0, 0.1) is 6.92 Å². The molecule has 2 aromatic heterocycles. The number of nitrogens with one attached hydrogen (secondary N) is 1. The average molecular weight is 270 g/mol. The van der Waals surface area contributed by atoms with Crippen molar-refractivity contribution in [2.75, 3.05) is 11.9 Å². The number of oxazole rings is 1. The first-order chi connectivity index (χ1) is 8.67. The maximum atomic E-state index is 5.75. The van der Waals surface area contributed by atoms with E-state index in [0.29, 0.717) is 25.0 Å². The molecule has 0 aliphatic heterocycles. The zero-order chi connectivity index (χ0) is 13.0. The molecule has 0 atom stereocenters. The summed E-state index contributed by atoms with van der Waals surface area (Å²) in [4.78, 5) is 15.8. The van der Waals surface area contributed by atoms with Crippen LogP contribution in [0.1, 0.15) is 18.6 Å². The van der Waals surface area contributed by atoms with Crippen molar-refractivity contribution < 1.29 is 9.15 Å². The van der Waals surface area contributed by atoms with Crippen molar-refractivity contribution in [3.8, 4) is 6.01 Å². The molecule has 0 saturated carbocycles. The van der Waals surface area contributed by atoms with Crippen molar-refractivity contribution in [3.63, 3.8) is 0 Å². The highest BCUT2D eigenvalue weighted by Gasteiger charge is 2.07. The van der Waals surface area contributed by atoms with Gasteiger partial charge in [0.05, 0.1) is 19.3 Å². The predicted molar refractivity (Wildman–Crippen MR) is 64.6 cm³/mol. The van der Waals surface area contributed by atoms with Crippen LogP contribution in [0.3, 0.4) is 0 Å². The molecule has 2 aromatic rings. The quantitative estimate of drug-likeness (QED) is 0.886. The molecule has 0 bridgehead atoms. The molecule has 0 fully saturated rings. The highest BCUT2D eigenvalue weighted by atomic mass is 35.5. The zero-order valence-electron chi connectivity index (χ0n) is 9.97. The highest BCUT2D eigenvalue weighted by molar-refractivity contribution is 6.28. The molecule has 0 radical (unpaired) electrons. The summed E-state index contributed by atoms with van der Waals surface area (Å²) in [6, 6.07) is 0.184. The summed E-state index contributed by atoms with van der Waals surface area (Å²) >= 11 is 5.75. The van der Waals surface area contributed by atoms with Crippen molar-refractivity contribution in [3.05, 3.63) is 23.1 Å². The van der Waals surface area contributed by atoms with Gasteiger partial charge < -0.3 is 14.5 Å². The maximum absolute atomic E-state index is 5.75. The van der Waals surface area contributed by atoms with Crippen LogP contribution in [-0.2, 0) is 6.54 Å². The minimum absolute atomic E-state index is 0.0690. The van der Waals surface area contributed by atoms with E-state index in [9.17, 15) is 0 Å². The maximum Gasteiger partial charge on any atom is 0.322 e. The Morgan fingerprint density at radius 3 is 2.89 bits per heavy atom. The minimum Gasteiger partial charge on any atom is -0.464 e. The fourth-order valence-corrected chi connectivity index (χ4v) is 1.39. The molecule has 0 aliphatic carbocycles. The third kappa shape index (κ3) is 3.30. The lowest BCUT2D eigenvalue weighted by atomic mass is 10.6. The number of halogens is 1. The van der Waals surface area contributed by atoms with Crippen LogP contribution >= 0.6 is 11.6 Å². The van der Waals surface area contributed by atoms with E-state index in [-0.39, 0.29) is 11.3 Å². The topological polar surface area (TPSA) is 86.0 Å². The molecular weight excluding hydrogens is 258 g/mol. The first kappa shape index (κ1) is 12.6. The van der Waals surface area contributed by atoms with Crippen LogP contribution in [-0.4, -0.2) is 26.5 Å². The standard InChI is InChI=1S/C10H12ClN5O2/c1-3-17-10-15-8(11)14-9(16-10)13-5-7-12-4-6(2)18-7/h4H,3,5H2,1-2H3,(H,13,14,15,16). The van der Waals surface area contributed by atoms with E-state index in [2.05, 4.69) is 25.3 Å². The van der Waals surface area contributed by atoms with Crippen molar-refractivity contribution in [1.29, 1.82) is 0 Å². The Bertz CT molecular complexity index is 531. The van der Waals surface area contributed by atoms with Gasteiger partial charge in [-0.05, 0) is 25.4 Å². The monoisotopic (exact) mass is 269 g/mol. The van der Waals surface area contributed by atoms with Crippen molar-refractivity contribution in [2.45, 2.75) is 20.4 Å². The SMILES string of the molecule is CCOc1nc(Cl)nc(NCc2ncc(C)o2)n1. The summed E-state index contributed by atoms with van der Waals surface area (Å²) in [6.07, 6.45) is 1.64. The molecule has 0 saturated heterocycles. The summed E-state index contributed by atoms with van der Waals surface area (Å²) in [5.41, 5.74) is 0. The van der Waals surface area contributed by atoms with Gasteiger partial charge >= 0.3 is 6.01 Å². The summed E-state index contributed by atoms with van der Waals surface area (Å²) < 4.78 is 10.5. The Hall–Kier alpha value is -1.89. The fraction of sp³-hybridized carbons (Fsp3) is 0.400. The first-order valence-corrected chi connectivity index (χ1v) is 5.74. The second kappa shape index (κ2) is 5.63. The van der Waals surface area contributed by atoms with Crippen molar-refractivity contribution in [2.24, 2.45) is 0 Å². The van der Waals surface area contributed by atoms with E-state index in [0.717, 1.165) is 5.76 Å². The molecular formula is C10H12ClN5O2. The Labute approximate surface area is 109 Å². The van der Waals surface area contributed by atoms with E-state index in [1.165, 1.54) is 0 Å². The van der Waals surface area contributed by atoms with Crippen LogP contribution in [0.15, 0.2) is 10.6 Å². The van der Waals surface area contributed by atoms with Crippen molar-refractivity contribution in [1.82, 2.24) is 19.9 Å². The van der Waals surface area contributed by atoms with Gasteiger partial charge in [-0.3, -0.25) is 0 Å². The minimum atomic E-state index is 0.0690. The number of aromatic nitrogens is 4. The molecule has 0 aromatic carbocycles. The number of hydrogen-bond donors (Lipinski definition) is 1. The van der Waals surface area contributed by atoms with Gasteiger partial charge in [0.15, 0.2) is 0 Å². The molecule has 7 nitrogen and oxygen atoms in total. The number of anilines is 1. The predicted octanol–water partition coefficient (Wildman–Crippen LogP) is 1.83. The average Bonchev–Trinajstić information content (AvgIpc) is 2.72. The van der Waals surface area contributed by atoms with Gasteiger partial charge in [0.1, 0.15) is 5.76 Å². The molecule has 2 heterocycles. The molecule has 0 aliphatic rings. The Kier molecular flexibility index (Phi) is 3.93. The van der Waals surface area contributed by atoms with Gasteiger partial charge in [-0.1, -0.05) is 0 Å². The van der Waals surface area contributed by atoms with E-state index in [4.69, 9.17) is 20.8 Å². The Morgan fingerprint density at radius 1 is 1.39 bits per heavy atom. The van der Waals surface area contributed by atoms with Crippen LogP contribution in [0.2, 0.25) is 5.28 Å². The molecule has 2 rings (SSSR count). The Morgan fingerprint density at radius 2 is 2.22 bits per heavy atom. The van der Waals surface area contributed by atoms with Crippen LogP contribution in [0.5, 0.6) is 6.01 Å². The van der Waals surface area contributed by atoms with E-state index in [1.807, 2.05) is 13.8 Å². The normalized spacial score (nSPS) is 10.4. The lowest BCUT2D eigenvalue weighted by Gasteiger charge is -2.05. The molecule has 0 spiro atoms. The van der Waals surface area contributed by atoms with Crippen LogP contribution in [0.4, 0.5) is 5.95 Å². The second-order valence-electron chi connectivity index (χ2n) is 3.36. The molecule has 0 unspecified atom stereocenters. The van der Waals surface area contributed by atoms with Crippen LogP contribution < -0.4 is 10.1 Å². The third-order valence-electron chi connectivity index (χ3n) is 1.93. The largest absolute Gasteiger partial charge is 0.464 e. The molecule has 8 heteroatoms. The molecule has 0 amide bonds. The van der Waals surface area contributed by atoms with Gasteiger partial charge in [0.25, 0.3) is 0 Å². The lowest BCUT2D eigenvalue weighted by molar-refractivity contribution is 0.312. The third-order valence-corrected chi connectivity index (χ3v) is 2.10. The lowest BCUT2D eigenvalue weighted by Crippen LogP contribution is -2.07. The molecule has 1 N–H and O–H groups in total. The molecule has 96 valence electrons. The number of rotatable bonds is 5. The van der Waals surface area contributed by atoms with E-state index in [1.54, 1.807) is 6.20 Å². The fourth-order valence-electron chi connectivity index (χ4n) is 1.24. The van der Waals surface area contributed by atoms with Gasteiger partial charge in [-0.25, -0.2) is 4.98 Å². The van der Waals surface area contributed by atoms with Crippen LogP contribution in [0.25, 0.3) is 0 Å². The number of ether oxygens (including phenoxy) is 1. The summed E-state index contributed by atoms with van der Waals surface area (Å²) in [5.74, 6) is 1.60.